The van der Waals surface area contributed by atoms with Gasteiger partial charge in [0, 0.05) is 7.05 Å². The highest BCUT2D eigenvalue weighted by Crippen LogP contribution is 2.64. The molecule has 0 aliphatic carbocycles. The molecular weight excluding hydrogens is 488 g/mol. The summed E-state index contributed by atoms with van der Waals surface area (Å²) in [5, 5.41) is 24.4. The summed E-state index contributed by atoms with van der Waals surface area (Å²) >= 11 is 0. The Kier molecular flexibility index (Phi) is 5.73. The maximum Gasteiger partial charge on any atom is 0.247 e. The minimum atomic E-state index is -1.19. The largest absolute Gasteiger partial charge is 0.394 e. The summed E-state index contributed by atoms with van der Waals surface area (Å²) in [6, 6.07) is 14.7. The molecule has 198 valence electrons. The van der Waals surface area contributed by atoms with Gasteiger partial charge in [-0.3, -0.25) is 14.4 Å². The van der Waals surface area contributed by atoms with Gasteiger partial charge in [0.2, 0.25) is 17.7 Å². The van der Waals surface area contributed by atoms with E-state index in [0.29, 0.717) is 23.9 Å². The van der Waals surface area contributed by atoms with Crippen molar-refractivity contribution in [1.29, 1.82) is 0 Å². The second-order valence-electron chi connectivity index (χ2n) is 10.5. The number of hydrogen-bond donors (Lipinski definition) is 3. The summed E-state index contributed by atoms with van der Waals surface area (Å²) in [6.45, 7) is 1.48. The number of para-hydroxylation sites is 1. The van der Waals surface area contributed by atoms with Crippen LogP contribution < -0.4 is 10.6 Å². The van der Waals surface area contributed by atoms with Crippen molar-refractivity contribution in [3.63, 3.8) is 0 Å². The Morgan fingerprint density at radius 2 is 1.87 bits per heavy atom. The Balaban J connectivity index is 1.40. The molecule has 2 bridgehead atoms. The molecule has 11 nitrogen and oxygen atoms in total. The zero-order valence-corrected chi connectivity index (χ0v) is 21.2. The zero-order valence-electron chi connectivity index (χ0n) is 21.2. The molecule has 11 heteroatoms. The molecule has 3 aliphatic heterocycles. The molecule has 2 unspecified atom stereocenters. The molecule has 3 saturated heterocycles. The number of hydrogen-bond acceptors (Lipinski definition) is 7. The second kappa shape index (κ2) is 8.88. The van der Waals surface area contributed by atoms with Crippen LogP contribution in [0, 0.1) is 11.8 Å². The number of aromatic nitrogens is 3. The number of aliphatic hydroxyl groups excluding tert-OH is 1. The predicted molar refractivity (Wildman–Crippen MR) is 135 cm³/mol. The normalized spacial score (nSPS) is 30.4. The lowest BCUT2D eigenvalue weighted by Gasteiger charge is -2.37. The van der Waals surface area contributed by atoms with Crippen molar-refractivity contribution in [2.75, 3.05) is 13.7 Å². The smallest absolute Gasteiger partial charge is 0.247 e. The van der Waals surface area contributed by atoms with Gasteiger partial charge in [0.25, 0.3) is 0 Å². The van der Waals surface area contributed by atoms with E-state index < -0.39 is 47.6 Å². The molecular formula is C27H30N6O5. The van der Waals surface area contributed by atoms with E-state index in [4.69, 9.17) is 4.74 Å². The van der Waals surface area contributed by atoms with Crippen LogP contribution in [0.3, 0.4) is 0 Å². The Bertz CT molecular complexity index is 1410. The van der Waals surface area contributed by atoms with Gasteiger partial charge in [-0.05, 0) is 37.5 Å². The van der Waals surface area contributed by atoms with Gasteiger partial charge in [-0.25, -0.2) is 4.68 Å². The van der Waals surface area contributed by atoms with E-state index in [9.17, 15) is 19.5 Å². The Labute approximate surface area is 219 Å². The minimum Gasteiger partial charge on any atom is -0.394 e. The third-order valence-electron chi connectivity index (χ3n) is 8.51. The third-order valence-corrected chi connectivity index (χ3v) is 8.51. The molecule has 6 atom stereocenters. The number of benzene rings is 2. The number of ether oxygens (including phenoxy) is 1. The number of fused-ring (bicyclic) bond motifs is 2. The number of amides is 3. The van der Waals surface area contributed by atoms with Crippen LogP contribution in [0.2, 0.25) is 0 Å². The molecule has 2 aromatic carbocycles. The van der Waals surface area contributed by atoms with Crippen LogP contribution in [-0.2, 0) is 25.8 Å². The minimum absolute atomic E-state index is 0.0316. The Morgan fingerprint density at radius 1 is 1.13 bits per heavy atom. The highest BCUT2D eigenvalue weighted by molar-refractivity contribution is 5.99. The van der Waals surface area contributed by atoms with Crippen molar-refractivity contribution >= 4 is 28.8 Å². The summed E-state index contributed by atoms with van der Waals surface area (Å²) < 4.78 is 8.15. The molecule has 3 aromatic rings. The fourth-order valence-corrected chi connectivity index (χ4v) is 6.87. The number of nitrogens with one attached hydrogen (secondary N) is 2. The van der Waals surface area contributed by atoms with Gasteiger partial charge >= 0.3 is 0 Å². The molecule has 6 rings (SSSR count). The van der Waals surface area contributed by atoms with Crippen LogP contribution in [0.1, 0.15) is 31.4 Å². The van der Waals surface area contributed by atoms with E-state index in [1.165, 1.54) is 11.9 Å². The number of aliphatic hydroxyl groups is 1. The highest BCUT2D eigenvalue weighted by Gasteiger charge is 2.78. The van der Waals surface area contributed by atoms with Gasteiger partial charge in [-0.2, -0.15) is 0 Å². The van der Waals surface area contributed by atoms with Crippen molar-refractivity contribution in [3.8, 4) is 0 Å². The fourth-order valence-electron chi connectivity index (χ4n) is 6.87. The molecule has 1 spiro atoms. The van der Waals surface area contributed by atoms with E-state index in [-0.39, 0.29) is 18.5 Å². The van der Waals surface area contributed by atoms with Gasteiger partial charge < -0.3 is 25.4 Å². The first-order valence-corrected chi connectivity index (χ1v) is 12.8. The van der Waals surface area contributed by atoms with E-state index >= 15 is 0 Å². The Hall–Kier alpha value is -3.83. The van der Waals surface area contributed by atoms with Crippen LogP contribution in [0.25, 0.3) is 11.0 Å². The summed E-state index contributed by atoms with van der Waals surface area (Å²) in [7, 11) is 1.54. The summed E-state index contributed by atoms with van der Waals surface area (Å²) in [5.41, 5.74) is 0.0820. The van der Waals surface area contributed by atoms with Gasteiger partial charge in [0.15, 0.2) is 0 Å². The van der Waals surface area contributed by atoms with Crippen molar-refractivity contribution in [2.24, 2.45) is 11.8 Å². The molecule has 38 heavy (non-hydrogen) atoms. The topological polar surface area (TPSA) is 139 Å². The highest BCUT2D eigenvalue weighted by atomic mass is 16.5. The third kappa shape index (κ3) is 3.38. The summed E-state index contributed by atoms with van der Waals surface area (Å²) in [4.78, 5) is 42.7. The maximum absolute atomic E-state index is 14.2. The predicted octanol–water partition coefficient (Wildman–Crippen LogP) is 0.749. The van der Waals surface area contributed by atoms with Crippen LogP contribution in [0.4, 0.5) is 0 Å². The first-order chi connectivity index (χ1) is 18.3. The van der Waals surface area contributed by atoms with E-state index in [0.717, 1.165) is 5.52 Å². The number of carbonyl (C=O) groups excluding carboxylic acids is 3. The molecule has 3 N–H and O–H groups in total. The van der Waals surface area contributed by atoms with E-state index in [2.05, 4.69) is 20.9 Å². The number of rotatable bonds is 7. The zero-order chi connectivity index (χ0) is 26.7. The molecule has 3 aliphatic rings. The SMILES string of the molecule is CNC(=O)[C@H]1[C@H]2C(=O)N([C@H](CO)c3ccccc3)C(C(=O)NCn3nnc4ccccc43)C23CC[C@]1(C)O3. The average molecular weight is 519 g/mol. The summed E-state index contributed by atoms with van der Waals surface area (Å²) in [6.07, 6.45) is 0.983. The lowest BCUT2D eigenvalue weighted by atomic mass is 9.66. The van der Waals surface area contributed by atoms with E-state index in [1.54, 1.807) is 4.68 Å². The van der Waals surface area contributed by atoms with Crippen LogP contribution in [0.5, 0.6) is 0 Å². The van der Waals surface area contributed by atoms with Crippen LogP contribution in [-0.4, -0.2) is 73.6 Å². The van der Waals surface area contributed by atoms with Crippen molar-refractivity contribution in [2.45, 2.75) is 49.7 Å². The number of likely N-dealkylation sites (tertiary alicyclic amines) is 1. The molecule has 3 amide bonds. The maximum atomic E-state index is 14.2. The number of nitrogens with zero attached hydrogens (tertiary/aromatic N) is 4. The van der Waals surface area contributed by atoms with Gasteiger partial charge in [0.1, 0.15) is 23.8 Å². The standard InChI is InChI=1S/C27H30N6O5/c1-26-12-13-27(38-26)21(20(26)23(35)28-2)25(37)33(19(14-34)16-8-4-3-5-9-16)22(27)24(36)29-15-32-18-11-7-6-10-17(18)30-31-32/h3-11,19-22,34H,12-15H2,1-2H3,(H,28,35)(H,29,36)/t19-,20-,21+,22?,26+,27?/m1/s1. The summed E-state index contributed by atoms with van der Waals surface area (Å²) in [5.74, 6) is -2.68. The molecule has 4 heterocycles. The van der Waals surface area contributed by atoms with Crippen LogP contribution >= 0.6 is 0 Å². The van der Waals surface area contributed by atoms with Crippen molar-refractivity contribution < 1.29 is 24.2 Å². The second-order valence-corrected chi connectivity index (χ2v) is 10.5. The molecule has 0 saturated carbocycles. The Morgan fingerprint density at radius 3 is 2.61 bits per heavy atom. The monoisotopic (exact) mass is 518 g/mol. The fraction of sp³-hybridized carbons (Fsp3) is 0.444. The van der Waals surface area contributed by atoms with Crippen molar-refractivity contribution in [1.82, 2.24) is 30.5 Å². The lowest BCUT2D eigenvalue weighted by molar-refractivity contribution is -0.150. The first-order valence-electron chi connectivity index (χ1n) is 12.8. The lowest BCUT2D eigenvalue weighted by Crippen LogP contribution is -2.56. The molecule has 0 radical (unpaired) electrons. The molecule has 1 aromatic heterocycles. The van der Waals surface area contributed by atoms with Gasteiger partial charge in [0.05, 0.1) is 35.6 Å². The van der Waals surface area contributed by atoms with Crippen LogP contribution in [0.15, 0.2) is 54.6 Å². The number of carbonyl (C=O) groups is 3. The van der Waals surface area contributed by atoms with Crippen molar-refractivity contribution in [3.05, 3.63) is 60.2 Å². The van der Waals surface area contributed by atoms with Gasteiger partial charge in [-0.1, -0.05) is 47.7 Å². The van der Waals surface area contributed by atoms with E-state index in [1.807, 2.05) is 61.5 Å². The quantitative estimate of drug-likeness (QED) is 0.420. The first kappa shape index (κ1) is 24.5. The average Bonchev–Trinajstić information content (AvgIpc) is 3.64. The van der Waals surface area contributed by atoms with Gasteiger partial charge in [-0.15, -0.1) is 5.10 Å². The molecule has 3 fully saturated rings.